The van der Waals surface area contributed by atoms with Crippen LogP contribution in [0, 0.1) is 11.8 Å². The van der Waals surface area contributed by atoms with Gasteiger partial charge >= 0.3 is 6.09 Å². The molecule has 7 nitrogen and oxygen atoms in total. The van der Waals surface area contributed by atoms with E-state index in [0.717, 1.165) is 43.9 Å². The number of aliphatic imine (C=N–C) groups is 1. The van der Waals surface area contributed by atoms with Gasteiger partial charge in [-0.05, 0) is 45.4 Å². The lowest BCUT2D eigenvalue weighted by molar-refractivity contribution is 0.0527. The van der Waals surface area contributed by atoms with Crippen molar-refractivity contribution in [3.63, 3.8) is 0 Å². The van der Waals surface area contributed by atoms with E-state index in [1.54, 1.807) is 7.05 Å². The Morgan fingerprint density at radius 2 is 1.63 bits per heavy atom. The van der Waals surface area contributed by atoms with Crippen molar-refractivity contribution >= 4 is 36.0 Å². The van der Waals surface area contributed by atoms with E-state index in [9.17, 15) is 4.79 Å². The molecule has 0 aromatic carbocycles. The molecule has 3 N–H and O–H groups in total. The lowest BCUT2D eigenvalue weighted by Crippen LogP contribution is -2.45. The molecule has 1 fully saturated rings. The third-order valence-corrected chi connectivity index (χ3v) is 4.20. The van der Waals surface area contributed by atoms with Gasteiger partial charge in [0.15, 0.2) is 5.96 Å². The van der Waals surface area contributed by atoms with Gasteiger partial charge in [-0.25, -0.2) is 4.79 Å². The standard InChI is InChI=1S/C19H39N5O2.HI/c1-15-12-16(2)14-24(13-15)11-10-22-17(20-6)21-8-7-9-23-18(25)26-19(3,4)5;/h15-16H,7-14H2,1-6H3,(H,23,25)(H2,20,21,22);1H. The van der Waals surface area contributed by atoms with E-state index >= 15 is 0 Å². The van der Waals surface area contributed by atoms with Crippen LogP contribution in [0.1, 0.15) is 47.5 Å². The van der Waals surface area contributed by atoms with E-state index in [1.807, 2.05) is 20.8 Å². The number of guanidine groups is 1. The number of ether oxygens (including phenoxy) is 1. The van der Waals surface area contributed by atoms with Crippen LogP contribution in [0.15, 0.2) is 4.99 Å². The summed E-state index contributed by atoms with van der Waals surface area (Å²) in [6, 6.07) is 0. The minimum Gasteiger partial charge on any atom is -0.444 e. The predicted molar refractivity (Wildman–Crippen MR) is 123 cm³/mol. The van der Waals surface area contributed by atoms with Crippen molar-refractivity contribution < 1.29 is 9.53 Å². The third-order valence-electron chi connectivity index (χ3n) is 4.20. The van der Waals surface area contributed by atoms with Crippen LogP contribution < -0.4 is 16.0 Å². The first kappa shape index (κ1) is 26.2. The second-order valence-corrected chi connectivity index (χ2v) is 8.41. The van der Waals surface area contributed by atoms with Gasteiger partial charge in [-0.1, -0.05) is 13.8 Å². The molecule has 1 amide bonds. The number of halogens is 1. The smallest absolute Gasteiger partial charge is 0.407 e. The zero-order valence-corrected chi connectivity index (χ0v) is 20.3. The predicted octanol–water partition coefficient (Wildman–Crippen LogP) is 2.66. The summed E-state index contributed by atoms with van der Waals surface area (Å²) in [5.74, 6) is 2.38. The highest BCUT2D eigenvalue weighted by Crippen LogP contribution is 2.20. The van der Waals surface area contributed by atoms with Gasteiger partial charge in [0.05, 0.1) is 0 Å². The highest BCUT2D eigenvalue weighted by molar-refractivity contribution is 14.0. The Morgan fingerprint density at radius 3 is 2.19 bits per heavy atom. The van der Waals surface area contributed by atoms with Crippen molar-refractivity contribution in [1.29, 1.82) is 0 Å². The molecular weight excluding hydrogens is 457 g/mol. The quantitative estimate of drug-likeness (QED) is 0.218. The number of nitrogens with zero attached hydrogens (tertiary/aromatic N) is 2. The molecule has 0 radical (unpaired) electrons. The molecule has 2 unspecified atom stereocenters. The number of carbonyl (C=O) groups excluding carboxylic acids is 1. The second kappa shape index (κ2) is 13.4. The maximum atomic E-state index is 11.6. The molecule has 1 heterocycles. The zero-order chi connectivity index (χ0) is 19.6. The highest BCUT2D eigenvalue weighted by Gasteiger charge is 2.21. The normalized spacial score (nSPS) is 21.2. The Kier molecular flexibility index (Phi) is 13.0. The van der Waals surface area contributed by atoms with E-state index in [0.29, 0.717) is 6.54 Å². The Morgan fingerprint density at radius 1 is 1.07 bits per heavy atom. The number of carbonyl (C=O) groups is 1. The lowest BCUT2D eigenvalue weighted by Gasteiger charge is -2.35. The first-order chi connectivity index (χ1) is 12.2. The summed E-state index contributed by atoms with van der Waals surface area (Å²) in [5, 5.41) is 9.39. The van der Waals surface area contributed by atoms with Crippen molar-refractivity contribution in [3.05, 3.63) is 0 Å². The minimum atomic E-state index is -0.460. The first-order valence-electron chi connectivity index (χ1n) is 9.83. The van der Waals surface area contributed by atoms with E-state index in [-0.39, 0.29) is 30.1 Å². The molecule has 0 saturated carbocycles. The number of likely N-dealkylation sites (tertiary alicyclic amines) is 1. The number of piperidine rings is 1. The topological polar surface area (TPSA) is 78.0 Å². The molecule has 160 valence electrons. The highest BCUT2D eigenvalue weighted by atomic mass is 127. The SMILES string of the molecule is CN=C(NCCCNC(=O)OC(C)(C)C)NCCN1CC(C)CC(C)C1.I. The summed E-state index contributed by atoms with van der Waals surface area (Å²) in [4.78, 5) is 18.3. The van der Waals surface area contributed by atoms with E-state index < -0.39 is 5.60 Å². The van der Waals surface area contributed by atoms with E-state index in [2.05, 4.69) is 39.7 Å². The molecular formula is C19H40IN5O2. The van der Waals surface area contributed by atoms with Gasteiger partial charge in [-0.3, -0.25) is 4.99 Å². The molecule has 0 bridgehead atoms. The van der Waals surface area contributed by atoms with Crippen LogP contribution >= 0.6 is 24.0 Å². The minimum absolute atomic E-state index is 0. The van der Waals surface area contributed by atoms with Gasteiger partial charge in [-0.2, -0.15) is 0 Å². The molecule has 1 aliphatic rings. The summed E-state index contributed by atoms with van der Waals surface area (Å²) in [6.07, 6.45) is 1.77. The zero-order valence-electron chi connectivity index (χ0n) is 17.9. The van der Waals surface area contributed by atoms with E-state index in [4.69, 9.17) is 4.74 Å². The molecule has 0 aliphatic carbocycles. The molecule has 0 aromatic heterocycles. The number of amides is 1. The number of nitrogens with one attached hydrogen (secondary N) is 3. The molecule has 0 spiro atoms. The van der Waals surface area contributed by atoms with Crippen LogP contribution in [-0.4, -0.2) is 68.9 Å². The largest absolute Gasteiger partial charge is 0.444 e. The van der Waals surface area contributed by atoms with Crippen LogP contribution in [0.5, 0.6) is 0 Å². The van der Waals surface area contributed by atoms with Crippen LogP contribution in [-0.2, 0) is 4.74 Å². The summed E-state index contributed by atoms with van der Waals surface area (Å²) < 4.78 is 5.20. The summed E-state index contributed by atoms with van der Waals surface area (Å²) in [7, 11) is 1.78. The molecule has 0 aromatic rings. The monoisotopic (exact) mass is 497 g/mol. The average molecular weight is 497 g/mol. The van der Waals surface area contributed by atoms with Crippen molar-refractivity contribution in [3.8, 4) is 0 Å². The lowest BCUT2D eigenvalue weighted by atomic mass is 9.92. The van der Waals surface area contributed by atoms with Crippen molar-refractivity contribution in [2.45, 2.75) is 53.1 Å². The Labute approximate surface area is 182 Å². The van der Waals surface area contributed by atoms with Crippen molar-refractivity contribution in [2.75, 3.05) is 46.3 Å². The number of hydrogen-bond acceptors (Lipinski definition) is 4. The van der Waals surface area contributed by atoms with Crippen LogP contribution in [0.4, 0.5) is 4.79 Å². The first-order valence-corrected chi connectivity index (χ1v) is 9.83. The average Bonchev–Trinajstić information content (AvgIpc) is 2.50. The fourth-order valence-corrected chi connectivity index (χ4v) is 3.33. The van der Waals surface area contributed by atoms with Gasteiger partial charge in [0, 0.05) is 46.3 Å². The maximum absolute atomic E-state index is 11.6. The number of hydrogen-bond donors (Lipinski definition) is 3. The Bertz CT molecular complexity index is 444. The Balaban J connectivity index is 0.00000676. The maximum Gasteiger partial charge on any atom is 0.407 e. The second-order valence-electron chi connectivity index (χ2n) is 8.41. The van der Waals surface area contributed by atoms with Crippen molar-refractivity contribution in [1.82, 2.24) is 20.9 Å². The summed E-state index contributed by atoms with van der Waals surface area (Å²) in [6.45, 7) is 15.9. The third kappa shape index (κ3) is 13.1. The fraction of sp³-hybridized carbons (Fsp3) is 0.895. The van der Waals surface area contributed by atoms with Crippen LogP contribution in [0.3, 0.4) is 0 Å². The van der Waals surface area contributed by atoms with E-state index in [1.165, 1.54) is 19.5 Å². The van der Waals surface area contributed by atoms with Gasteiger partial charge in [0.1, 0.15) is 5.60 Å². The van der Waals surface area contributed by atoms with Gasteiger partial charge in [0.25, 0.3) is 0 Å². The molecule has 1 rings (SSSR count). The van der Waals surface area contributed by atoms with Gasteiger partial charge in [-0.15, -0.1) is 24.0 Å². The molecule has 1 saturated heterocycles. The molecule has 27 heavy (non-hydrogen) atoms. The fourth-order valence-electron chi connectivity index (χ4n) is 3.33. The van der Waals surface area contributed by atoms with Gasteiger partial charge in [0.2, 0.25) is 0 Å². The van der Waals surface area contributed by atoms with Crippen LogP contribution in [0.2, 0.25) is 0 Å². The number of alkyl carbamates (subject to hydrolysis) is 1. The summed E-state index contributed by atoms with van der Waals surface area (Å²) in [5.41, 5.74) is -0.460. The molecule has 8 heteroatoms. The van der Waals surface area contributed by atoms with Crippen molar-refractivity contribution in [2.24, 2.45) is 16.8 Å². The number of rotatable bonds is 7. The van der Waals surface area contributed by atoms with Gasteiger partial charge < -0.3 is 25.6 Å². The Hall–Kier alpha value is -0.770. The summed E-state index contributed by atoms with van der Waals surface area (Å²) >= 11 is 0. The molecule has 1 aliphatic heterocycles. The van der Waals surface area contributed by atoms with Crippen LogP contribution in [0.25, 0.3) is 0 Å². The molecule has 2 atom stereocenters.